The molecule has 0 amide bonds. The van der Waals surface area contributed by atoms with Crippen molar-refractivity contribution in [2.75, 3.05) is 13.7 Å². The van der Waals surface area contributed by atoms with E-state index in [9.17, 15) is 0 Å². The van der Waals surface area contributed by atoms with Gasteiger partial charge in [-0.1, -0.05) is 18.5 Å². The number of nitrogens with zero attached hydrogens (tertiary/aromatic N) is 2. The number of halogens is 2. The van der Waals surface area contributed by atoms with E-state index in [0.717, 1.165) is 16.0 Å². The van der Waals surface area contributed by atoms with Crippen molar-refractivity contribution in [3.63, 3.8) is 0 Å². The van der Waals surface area contributed by atoms with E-state index in [1.54, 1.807) is 7.11 Å². The second kappa shape index (κ2) is 4.98. The highest BCUT2D eigenvalue weighted by Gasteiger charge is 2.29. The molecule has 0 aliphatic heterocycles. The molecule has 1 aliphatic carbocycles. The van der Waals surface area contributed by atoms with Crippen LogP contribution in [0.5, 0.6) is 0 Å². The summed E-state index contributed by atoms with van der Waals surface area (Å²) in [5, 5.41) is 0.509. The molecule has 1 aliphatic rings. The molecule has 1 heterocycles. The summed E-state index contributed by atoms with van der Waals surface area (Å²) in [6.07, 6.45) is 2.40. The summed E-state index contributed by atoms with van der Waals surface area (Å²) in [5.74, 6) is 1.51. The van der Waals surface area contributed by atoms with Crippen molar-refractivity contribution in [3.05, 3.63) is 21.1 Å². The van der Waals surface area contributed by atoms with Gasteiger partial charge in [0.2, 0.25) is 0 Å². The summed E-state index contributed by atoms with van der Waals surface area (Å²) < 4.78 is 5.96. The maximum absolute atomic E-state index is 6.10. The molecule has 2 rings (SSSR count). The average molecular weight is 306 g/mol. The summed E-state index contributed by atoms with van der Waals surface area (Å²) in [6, 6.07) is 0. The highest BCUT2D eigenvalue weighted by atomic mass is 79.9. The molecule has 0 saturated heterocycles. The van der Waals surface area contributed by atoms with Gasteiger partial charge in [0.15, 0.2) is 0 Å². The van der Waals surface area contributed by atoms with E-state index in [1.165, 1.54) is 12.8 Å². The summed E-state index contributed by atoms with van der Waals surface area (Å²) in [7, 11) is 1.68. The molecule has 1 atom stereocenters. The van der Waals surface area contributed by atoms with Gasteiger partial charge in [0, 0.05) is 18.9 Å². The lowest BCUT2D eigenvalue weighted by Gasteiger charge is -2.12. The second-order valence-corrected chi connectivity index (χ2v) is 5.35. The van der Waals surface area contributed by atoms with Crippen LogP contribution >= 0.6 is 27.5 Å². The fourth-order valence-electron chi connectivity index (χ4n) is 1.63. The van der Waals surface area contributed by atoms with Crippen LogP contribution in [0.1, 0.15) is 43.1 Å². The minimum atomic E-state index is 0.174. The zero-order valence-electron chi connectivity index (χ0n) is 9.33. The van der Waals surface area contributed by atoms with E-state index in [4.69, 9.17) is 16.3 Å². The van der Waals surface area contributed by atoms with Gasteiger partial charge in [-0.25, -0.2) is 9.97 Å². The molecule has 1 aromatic rings. The second-order valence-electron chi connectivity index (χ2n) is 4.20. The van der Waals surface area contributed by atoms with E-state index in [0.29, 0.717) is 17.7 Å². The summed E-state index contributed by atoms with van der Waals surface area (Å²) in [6.45, 7) is 2.65. The summed E-state index contributed by atoms with van der Waals surface area (Å²) in [4.78, 5) is 8.88. The zero-order valence-corrected chi connectivity index (χ0v) is 11.7. The first kappa shape index (κ1) is 12.3. The van der Waals surface area contributed by atoms with Gasteiger partial charge in [-0.3, -0.25) is 0 Å². The molecule has 0 aromatic carbocycles. The van der Waals surface area contributed by atoms with Crippen molar-refractivity contribution in [3.8, 4) is 0 Å². The molecular formula is C11H14BrClN2O. The number of hydrogen-bond donors (Lipinski definition) is 0. The van der Waals surface area contributed by atoms with Crippen molar-refractivity contribution in [2.45, 2.75) is 31.6 Å². The molecule has 16 heavy (non-hydrogen) atoms. The van der Waals surface area contributed by atoms with Crippen LogP contribution in [0.2, 0.25) is 5.15 Å². The molecular weight excluding hydrogens is 291 g/mol. The van der Waals surface area contributed by atoms with Crippen LogP contribution in [0.4, 0.5) is 0 Å². The fourth-order valence-corrected chi connectivity index (χ4v) is 2.31. The lowest BCUT2D eigenvalue weighted by molar-refractivity contribution is 0.181. The SMILES string of the molecule is COCC(C)c1nc(Cl)c(Br)c(C2CC2)n1. The number of rotatable bonds is 4. The van der Waals surface area contributed by atoms with Crippen LogP contribution in [-0.2, 0) is 4.74 Å². The van der Waals surface area contributed by atoms with Crippen molar-refractivity contribution < 1.29 is 4.74 Å². The summed E-state index contributed by atoms with van der Waals surface area (Å²) >= 11 is 9.55. The third-order valence-electron chi connectivity index (χ3n) is 2.68. The minimum Gasteiger partial charge on any atom is -0.384 e. The van der Waals surface area contributed by atoms with E-state index in [-0.39, 0.29) is 5.92 Å². The van der Waals surface area contributed by atoms with Gasteiger partial charge in [-0.2, -0.15) is 0 Å². The Kier molecular flexibility index (Phi) is 3.82. The van der Waals surface area contributed by atoms with Gasteiger partial charge >= 0.3 is 0 Å². The lowest BCUT2D eigenvalue weighted by atomic mass is 10.1. The van der Waals surface area contributed by atoms with E-state index in [1.807, 2.05) is 6.92 Å². The normalized spacial score (nSPS) is 17.5. The van der Waals surface area contributed by atoms with Gasteiger partial charge in [0.05, 0.1) is 16.8 Å². The molecule has 1 aromatic heterocycles. The molecule has 0 bridgehead atoms. The Morgan fingerprint density at radius 2 is 2.19 bits per heavy atom. The molecule has 5 heteroatoms. The van der Waals surface area contributed by atoms with Crippen molar-refractivity contribution >= 4 is 27.5 Å². The number of methoxy groups -OCH3 is 1. The fraction of sp³-hybridized carbons (Fsp3) is 0.636. The van der Waals surface area contributed by atoms with Gasteiger partial charge in [0.25, 0.3) is 0 Å². The number of hydrogen-bond acceptors (Lipinski definition) is 3. The highest BCUT2D eigenvalue weighted by molar-refractivity contribution is 9.10. The Morgan fingerprint density at radius 3 is 2.75 bits per heavy atom. The number of aromatic nitrogens is 2. The topological polar surface area (TPSA) is 35.0 Å². The molecule has 3 nitrogen and oxygen atoms in total. The van der Waals surface area contributed by atoms with Crippen LogP contribution in [0.25, 0.3) is 0 Å². The Morgan fingerprint density at radius 1 is 1.50 bits per heavy atom. The van der Waals surface area contributed by atoms with Crippen molar-refractivity contribution in [1.29, 1.82) is 0 Å². The van der Waals surface area contributed by atoms with Gasteiger partial charge in [-0.15, -0.1) is 0 Å². The molecule has 1 fully saturated rings. The van der Waals surface area contributed by atoms with Crippen LogP contribution in [0.3, 0.4) is 0 Å². The van der Waals surface area contributed by atoms with E-state index in [2.05, 4.69) is 25.9 Å². The third-order valence-corrected chi connectivity index (χ3v) is 3.96. The monoisotopic (exact) mass is 304 g/mol. The summed E-state index contributed by atoms with van der Waals surface area (Å²) in [5.41, 5.74) is 1.05. The zero-order chi connectivity index (χ0) is 11.7. The van der Waals surface area contributed by atoms with Crippen molar-refractivity contribution in [2.24, 2.45) is 0 Å². The average Bonchev–Trinajstić information content (AvgIpc) is 3.06. The van der Waals surface area contributed by atoms with Gasteiger partial charge < -0.3 is 4.74 Å². The standard InChI is InChI=1S/C11H14BrClN2O/c1-6(5-16-2)11-14-9(7-3-4-7)8(12)10(13)15-11/h6-7H,3-5H2,1-2H3. The molecule has 0 spiro atoms. The Bertz CT molecular complexity index is 396. The minimum absolute atomic E-state index is 0.174. The van der Waals surface area contributed by atoms with Crippen LogP contribution in [0.15, 0.2) is 4.47 Å². The third kappa shape index (κ3) is 2.55. The Balaban J connectivity index is 2.32. The first-order chi connectivity index (χ1) is 7.63. The van der Waals surface area contributed by atoms with Crippen LogP contribution < -0.4 is 0 Å². The first-order valence-electron chi connectivity index (χ1n) is 5.35. The quantitative estimate of drug-likeness (QED) is 0.798. The van der Waals surface area contributed by atoms with E-state index < -0.39 is 0 Å². The largest absolute Gasteiger partial charge is 0.384 e. The molecule has 0 radical (unpaired) electrons. The van der Waals surface area contributed by atoms with Crippen molar-refractivity contribution in [1.82, 2.24) is 9.97 Å². The van der Waals surface area contributed by atoms with E-state index >= 15 is 0 Å². The predicted octanol–water partition coefficient (Wildman–Crippen LogP) is 3.52. The first-order valence-corrected chi connectivity index (χ1v) is 6.52. The predicted molar refractivity (Wildman–Crippen MR) is 67.0 cm³/mol. The highest BCUT2D eigenvalue weighted by Crippen LogP contribution is 2.43. The van der Waals surface area contributed by atoms with Crippen LogP contribution in [-0.4, -0.2) is 23.7 Å². The molecule has 0 N–H and O–H groups in total. The maximum atomic E-state index is 6.10. The molecule has 1 saturated carbocycles. The Labute approximate surface area is 109 Å². The van der Waals surface area contributed by atoms with Crippen LogP contribution in [0, 0.1) is 0 Å². The van der Waals surface area contributed by atoms with Gasteiger partial charge in [0.1, 0.15) is 11.0 Å². The molecule has 1 unspecified atom stereocenters. The lowest BCUT2D eigenvalue weighted by Crippen LogP contribution is -2.09. The molecule has 88 valence electrons. The smallest absolute Gasteiger partial charge is 0.147 e. The number of ether oxygens (including phenoxy) is 1. The Hall–Kier alpha value is -0.190. The maximum Gasteiger partial charge on any atom is 0.147 e. The van der Waals surface area contributed by atoms with Gasteiger partial charge in [-0.05, 0) is 28.8 Å².